The molecule has 0 aromatic carbocycles. The van der Waals surface area contributed by atoms with Crippen molar-refractivity contribution in [1.82, 2.24) is 14.8 Å². The van der Waals surface area contributed by atoms with Crippen molar-refractivity contribution in [2.24, 2.45) is 5.73 Å². The van der Waals surface area contributed by atoms with E-state index in [1.54, 1.807) is 17.7 Å². The summed E-state index contributed by atoms with van der Waals surface area (Å²) in [5, 5.41) is 9.78. The molecule has 2 heterocycles. The van der Waals surface area contributed by atoms with Crippen LogP contribution in [0.15, 0.2) is 23.8 Å². The fourth-order valence-electron chi connectivity index (χ4n) is 1.14. The van der Waals surface area contributed by atoms with Crippen LogP contribution < -0.4 is 5.73 Å². The number of thiophene rings is 1. The molecule has 0 radical (unpaired) electrons. The highest BCUT2D eigenvalue weighted by atomic mass is 32.1. The van der Waals surface area contributed by atoms with Crippen molar-refractivity contribution in [2.75, 3.05) is 0 Å². The quantitative estimate of drug-likeness (QED) is 0.788. The maximum Gasteiger partial charge on any atom is 0.146 e. The first-order valence-corrected chi connectivity index (χ1v) is 4.87. The minimum absolute atomic E-state index is 0.436. The summed E-state index contributed by atoms with van der Waals surface area (Å²) in [7, 11) is 0. The van der Waals surface area contributed by atoms with E-state index in [-0.39, 0.29) is 0 Å². The summed E-state index contributed by atoms with van der Waals surface area (Å²) in [4.78, 5) is 1.29. The highest BCUT2D eigenvalue weighted by Crippen LogP contribution is 2.10. The van der Waals surface area contributed by atoms with E-state index in [9.17, 15) is 0 Å². The Bertz CT molecular complexity index is 365. The Labute approximate surface area is 80.0 Å². The summed E-state index contributed by atoms with van der Waals surface area (Å²) in [6.07, 6.45) is 1.71. The van der Waals surface area contributed by atoms with E-state index in [0.717, 1.165) is 12.4 Å². The second kappa shape index (κ2) is 3.68. The van der Waals surface area contributed by atoms with E-state index < -0.39 is 0 Å². The zero-order chi connectivity index (χ0) is 9.10. The number of rotatable bonds is 3. The second-order valence-corrected chi connectivity index (χ2v) is 3.69. The van der Waals surface area contributed by atoms with Crippen LogP contribution in [0.3, 0.4) is 0 Å². The van der Waals surface area contributed by atoms with Gasteiger partial charge in [0.15, 0.2) is 0 Å². The van der Waals surface area contributed by atoms with Gasteiger partial charge in [-0.2, -0.15) is 0 Å². The zero-order valence-corrected chi connectivity index (χ0v) is 7.87. The van der Waals surface area contributed by atoms with Crippen molar-refractivity contribution in [3.05, 3.63) is 34.5 Å². The average molecular weight is 194 g/mol. The normalized spacial score (nSPS) is 10.5. The first-order valence-electron chi connectivity index (χ1n) is 3.99. The first-order chi connectivity index (χ1) is 6.40. The van der Waals surface area contributed by atoms with Crippen LogP contribution in [0.1, 0.15) is 10.7 Å². The van der Waals surface area contributed by atoms with Crippen LogP contribution >= 0.6 is 11.3 Å². The molecule has 0 atom stereocenters. The van der Waals surface area contributed by atoms with E-state index in [1.165, 1.54) is 4.88 Å². The van der Waals surface area contributed by atoms with Gasteiger partial charge < -0.3 is 10.3 Å². The van der Waals surface area contributed by atoms with Gasteiger partial charge in [-0.25, -0.2) is 0 Å². The molecular formula is C8H10N4S. The zero-order valence-electron chi connectivity index (χ0n) is 7.05. The van der Waals surface area contributed by atoms with Crippen molar-refractivity contribution in [3.8, 4) is 0 Å². The molecule has 2 aromatic rings. The van der Waals surface area contributed by atoms with Crippen molar-refractivity contribution in [3.63, 3.8) is 0 Å². The lowest BCUT2D eigenvalue weighted by Crippen LogP contribution is -2.07. The molecule has 68 valence electrons. The molecule has 0 saturated carbocycles. The van der Waals surface area contributed by atoms with E-state index >= 15 is 0 Å². The summed E-state index contributed by atoms with van der Waals surface area (Å²) < 4.78 is 1.96. The number of nitrogens with two attached hydrogens (primary N) is 1. The summed E-state index contributed by atoms with van der Waals surface area (Å²) in [5.74, 6) is 0.827. The van der Waals surface area contributed by atoms with E-state index in [1.807, 2.05) is 10.6 Å². The Hall–Kier alpha value is -1.20. The third kappa shape index (κ3) is 1.76. The highest BCUT2D eigenvalue weighted by Gasteiger charge is 2.02. The maximum absolute atomic E-state index is 5.50. The van der Waals surface area contributed by atoms with Crippen LogP contribution in [0.5, 0.6) is 0 Å². The molecule has 0 bridgehead atoms. The van der Waals surface area contributed by atoms with E-state index in [0.29, 0.717) is 6.54 Å². The van der Waals surface area contributed by atoms with Gasteiger partial charge >= 0.3 is 0 Å². The van der Waals surface area contributed by atoms with Gasteiger partial charge in [0, 0.05) is 4.88 Å². The molecule has 5 heteroatoms. The van der Waals surface area contributed by atoms with Gasteiger partial charge in [0.05, 0.1) is 13.1 Å². The molecule has 13 heavy (non-hydrogen) atoms. The van der Waals surface area contributed by atoms with Gasteiger partial charge in [-0.1, -0.05) is 6.07 Å². The molecule has 0 amide bonds. The van der Waals surface area contributed by atoms with Crippen LogP contribution in [0.25, 0.3) is 0 Å². The fraction of sp³-hybridized carbons (Fsp3) is 0.250. The standard InChI is InChI=1S/C8H10N4S/c9-4-8-11-10-6-12(8)5-7-2-1-3-13-7/h1-3,6H,4-5,9H2. The minimum Gasteiger partial charge on any atom is -0.324 e. The molecule has 4 nitrogen and oxygen atoms in total. The fourth-order valence-corrected chi connectivity index (χ4v) is 1.84. The van der Waals surface area contributed by atoms with Gasteiger partial charge in [0.1, 0.15) is 12.2 Å². The summed E-state index contributed by atoms with van der Waals surface area (Å²) in [6, 6.07) is 4.12. The van der Waals surface area contributed by atoms with Crippen LogP contribution in [-0.2, 0) is 13.1 Å². The number of nitrogens with zero attached hydrogens (tertiary/aromatic N) is 3. The molecule has 0 aliphatic carbocycles. The van der Waals surface area contributed by atoms with Gasteiger partial charge in [0.2, 0.25) is 0 Å². The molecule has 0 aliphatic heterocycles. The van der Waals surface area contributed by atoms with Crippen LogP contribution in [0, 0.1) is 0 Å². The van der Waals surface area contributed by atoms with Gasteiger partial charge in [-0.3, -0.25) is 0 Å². The van der Waals surface area contributed by atoms with E-state index in [2.05, 4.69) is 21.6 Å². The average Bonchev–Trinajstić information content (AvgIpc) is 2.76. The van der Waals surface area contributed by atoms with Crippen molar-refractivity contribution >= 4 is 11.3 Å². The monoisotopic (exact) mass is 194 g/mol. The molecular weight excluding hydrogens is 184 g/mol. The third-order valence-corrected chi connectivity index (χ3v) is 2.65. The largest absolute Gasteiger partial charge is 0.324 e. The summed E-state index contributed by atoms with van der Waals surface area (Å²) >= 11 is 1.72. The molecule has 2 N–H and O–H groups in total. The summed E-state index contributed by atoms with van der Waals surface area (Å²) in [6.45, 7) is 1.25. The van der Waals surface area contributed by atoms with Crippen LogP contribution in [0.4, 0.5) is 0 Å². The van der Waals surface area contributed by atoms with E-state index in [4.69, 9.17) is 5.73 Å². The molecule has 2 aromatic heterocycles. The Kier molecular flexibility index (Phi) is 2.37. The molecule has 0 saturated heterocycles. The number of hydrogen-bond acceptors (Lipinski definition) is 4. The molecule has 0 spiro atoms. The summed E-state index contributed by atoms with van der Waals surface area (Å²) in [5.41, 5.74) is 5.50. The lowest BCUT2D eigenvalue weighted by atomic mass is 10.4. The molecule has 2 rings (SSSR count). The lowest BCUT2D eigenvalue weighted by Gasteiger charge is -2.01. The van der Waals surface area contributed by atoms with Crippen molar-refractivity contribution in [2.45, 2.75) is 13.1 Å². The Morgan fingerprint density at radius 3 is 3.15 bits per heavy atom. The minimum atomic E-state index is 0.436. The number of hydrogen-bond donors (Lipinski definition) is 1. The maximum atomic E-state index is 5.50. The SMILES string of the molecule is NCc1nncn1Cc1cccs1. The van der Waals surface area contributed by atoms with Gasteiger partial charge in [-0.05, 0) is 11.4 Å². The van der Waals surface area contributed by atoms with Gasteiger partial charge in [-0.15, -0.1) is 21.5 Å². The van der Waals surface area contributed by atoms with Crippen molar-refractivity contribution < 1.29 is 0 Å². The third-order valence-electron chi connectivity index (χ3n) is 1.78. The topological polar surface area (TPSA) is 56.7 Å². The predicted octanol–water partition coefficient (Wildman–Crippen LogP) is 0.847. The molecule has 0 aliphatic rings. The first kappa shape index (κ1) is 8.40. The number of aromatic nitrogens is 3. The highest BCUT2D eigenvalue weighted by molar-refractivity contribution is 7.09. The second-order valence-electron chi connectivity index (χ2n) is 2.66. The smallest absolute Gasteiger partial charge is 0.146 e. The van der Waals surface area contributed by atoms with Crippen LogP contribution in [0.2, 0.25) is 0 Å². The predicted molar refractivity (Wildman–Crippen MR) is 51.3 cm³/mol. The molecule has 0 unspecified atom stereocenters. The van der Waals surface area contributed by atoms with Gasteiger partial charge in [0.25, 0.3) is 0 Å². The Balaban J connectivity index is 2.18. The van der Waals surface area contributed by atoms with Crippen LogP contribution in [-0.4, -0.2) is 14.8 Å². The Morgan fingerprint density at radius 1 is 1.54 bits per heavy atom. The van der Waals surface area contributed by atoms with Crippen molar-refractivity contribution in [1.29, 1.82) is 0 Å². The Morgan fingerprint density at radius 2 is 2.46 bits per heavy atom. The molecule has 0 fully saturated rings. The lowest BCUT2D eigenvalue weighted by molar-refractivity contribution is 0.732.